The van der Waals surface area contributed by atoms with Crippen LogP contribution in [0.2, 0.25) is 0 Å². The highest BCUT2D eigenvalue weighted by Gasteiger charge is 2.08. The van der Waals surface area contributed by atoms with Crippen LogP contribution in [-0.4, -0.2) is 23.1 Å². The molecule has 0 radical (unpaired) electrons. The van der Waals surface area contributed by atoms with Gasteiger partial charge in [-0.15, -0.1) is 0 Å². The Hall–Kier alpha value is -2.19. The molecule has 0 fully saturated rings. The van der Waals surface area contributed by atoms with E-state index in [-0.39, 0.29) is 11.6 Å². The molecule has 0 aliphatic rings. The van der Waals surface area contributed by atoms with Crippen LogP contribution in [0.25, 0.3) is 11.0 Å². The second-order valence-electron chi connectivity index (χ2n) is 3.12. The van der Waals surface area contributed by atoms with E-state index in [2.05, 4.69) is 9.97 Å². The van der Waals surface area contributed by atoms with E-state index in [9.17, 15) is 0 Å². The second-order valence-corrected chi connectivity index (χ2v) is 3.12. The first kappa shape index (κ1) is 10.3. The van der Waals surface area contributed by atoms with E-state index in [4.69, 9.17) is 15.7 Å². The van der Waals surface area contributed by atoms with Crippen LogP contribution in [0.1, 0.15) is 5.69 Å². The van der Waals surface area contributed by atoms with Gasteiger partial charge in [0.2, 0.25) is 5.69 Å². The van der Waals surface area contributed by atoms with E-state index in [1.807, 2.05) is 24.3 Å². The first-order valence-electron chi connectivity index (χ1n) is 4.85. The van der Waals surface area contributed by atoms with Gasteiger partial charge in [0.25, 0.3) is 5.88 Å². The molecule has 5 nitrogen and oxygen atoms in total. The number of para-hydroxylation sites is 2. The topological polar surface area (TPSA) is 84.8 Å². The molecule has 0 saturated carbocycles. The summed E-state index contributed by atoms with van der Waals surface area (Å²) in [5.74, 6) is 0.242. The number of nitrogens with zero attached hydrogens (tertiary/aromatic N) is 3. The second kappa shape index (κ2) is 4.55. The number of nitrogens with two attached hydrogens (primary N) is 1. The van der Waals surface area contributed by atoms with Crippen molar-refractivity contribution in [2.24, 2.45) is 5.73 Å². The smallest absolute Gasteiger partial charge is 0.251 e. The van der Waals surface area contributed by atoms with Gasteiger partial charge < -0.3 is 10.5 Å². The monoisotopic (exact) mass is 214 g/mol. The zero-order valence-electron chi connectivity index (χ0n) is 8.55. The zero-order valence-corrected chi connectivity index (χ0v) is 8.55. The fraction of sp³-hybridized carbons (Fsp3) is 0.182. The molecule has 2 aromatic rings. The molecule has 2 N–H and O–H groups in total. The maximum atomic E-state index is 8.91. The molecule has 2 rings (SSSR count). The van der Waals surface area contributed by atoms with Crippen molar-refractivity contribution in [3.05, 3.63) is 30.0 Å². The number of nitriles is 1. The average Bonchev–Trinajstić information content (AvgIpc) is 2.35. The minimum absolute atomic E-state index is 0.187. The molecule has 5 heteroatoms. The molecule has 0 bridgehead atoms. The summed E-state index contributed by atoms with van der Waals surface area (Å²) in [6, 6.07) is 9.28. The Kier molecular flexibility index (Phi) is 2.94. The molecular weight excluding hydrogens is 204 g/mol. The number of rotatable bonds is 3. The fourth-order valence-corrected chi connectivity index (χ4v) is 1.31. The van der Waals surface area contributed by atoms with E-state index in [1.54, 1.807) is 6.07 Å². The van der Waals surface area contributed by atoms with Gasteiger partial charge in [-0.25, -0.2) is 9.97 Å². The predicted octanol–water partition coefficient (Wildman–Crippen LogP) is 0.839. The SMILES string of the molecule is N#Cc1nc2ccccc2nc1OCCN. The Labute approximate surface area is 92.5 Å². The van der Waals surface area contributed by atoms with Crippen molar-refractivity contribution in [1.82, 2.24) is 9.97 Å². The molecule has 0 spiro atoms. The third-order valence-electron chi connectivity index (χ3n) is 2.00. The lowest BCUT2D eigenvalue weighted by molar-refractivity contribution is 0.314. The van der Waals surface area contributed by atoms with Crippen LogP contribution < -0.4 is 10.5 Å². The van der Waals surface area contributed by atoms with Gasteiger partial charge in [0.05, 0.1) is 11.0 Å². The summed E-state index contributed by atoms with van der Waals surface area (Å²) in [5, 5.41) is 8.91. The summed E-state index contributed by atoms with van der Waals surface area (Å²) in [6.07, 6.45) is 0. The van der Waals surface area contributed by atoms with Crippen molar-refractivity contribution >= 4 is 11.0 Å². The largest absolute Gasteiger partial charge is 0.474 e. The molecule has 0 unspecified atom stereocenters. The molecule has 80 valence electrons. The molecule has 0 saturated heterocycles. The van der Waals surface area contributed by atoms with E-state index in [0.29, 0.717) is 24.2 Å². The molecule has 1 aromatic heterocycles. The van der Waals surface area contributed by atoms with Crippen LogP contribution in [0.3, 0.4) is 0 Å². The third-order valence-corrected chi connectivity index (χ3v) is 2.00. The number of fused-ring (bicyclic) bond motifs is 1. The molecule has 0 aliphatic carbocycles. The van der Waals surface area contributed by atoms with Crippen molar-refractivity contribution in [2.75, 3.05) is 13.2 Å². The van der Waals surface area contributed by atoms with Crippen molar-refractivity contribution in [1.29, 1.82) is 5.26 Å². The van der Waals surface area contributed by atoms with Crippen molar-refractivity contribution in [3.63, 3.8) is 0 Å². The lowest BCUT2D eigenvalue weighted by atomic mass is 10.3. The highest BCUT2D eigenvalue weighted by molar-refractivity contribution is 5.75. The average molecular weight is 214 g/mol. The minimum atomic E-state index is 0.187. The van der Waals surface area contributed by atoms with Gasteiger partial charge in [-0.1, -0.05) is 12.1 Å². The quantitative estimate of drug-likeness (QED) is 0.818. The van der Waals surface area contributed by atoms with Crippen LogP contribution in [0.5, 0.6) is 5.88 Å². The Bertz CT molecular complexity index is 547. The van der Waals surface area contributed by atoms with Gasteiger partial charge in [0, 0.05) is 6.54 Å². The van der Waals surface area contributed by atoms with Crippen LogP contribution >= 0.6 is 0 Å². The molecule has 0 amide bonds. The Morgan fingerprint density at radius 1 is 1.25 bits per heavy atom. The molecular formula is C11H10N4O. The van der Waals surface area contributed by atoms with Crippen LogP contribution in [0.15, 0.2) is 24.3 Å². The maximum absolute atomic E-state index is 8.91. The normalized spacial score (nSPS) is 10.0. The summed E-state index contributed by atoms with van der Waals surface area (Å²) in [6.45, 7) is 0.696. The number of ether oxygens (including phenoxy) is 1. The molecule has 1 aromatic carbocycles. The van der Waals surface area contributed by atoms with E-state index >= 15 is 0 Å². The Balaban J connectivity index is 2.50. The van der Waals surface area contributed by atoms with Crippen molar-refractivity contribution in [3.8, 4) is 11.9 Å². The van der Waals surface area contributed by atoms with Gasteiger partial charge >= 0.3 is 0 Å². The zero-order chi connectivity index (χ0) is 11.4. The number of aromatic nitrogens is 2. The number of hydrogen-bond donors (Lipinski definition) is 1. The van der Waals surface area contributed by atoms with Crippen LogP contribution in [0.4, 0.5) is 0 Å². The van der Waals surface area contributed by atoms with Gasteiger partial charge in [-0.05, 0) is 12.1 Å². The summed E-state index contributed by atoms with van der Waals surface area (Å²) in [4.78, 5) is 8.38. The number of benzene rings is 1. The number of hydrogen-bond acceptors (Lipinski definition) is 5. The summed E-state index contributed by atoms with van der Waals surface area (Å²) in [7, 11) is 0. The summed E-state index contributed by atoms with van der Waals surface area (Å²) < 4.78 is 5.26. The van der Waals surface area contributed by atoms with Gasteiger partial charge in [-0.2, -0.15) is 5.26 Å². The van der Waals surface area contributed by atoms with E-state index < -0.39 is 0 Å². The fourth-order valence-electron chi connectivity index (χ4n) is 1.31. The standard InChI is InChI=1S/C11H10N4O/c12-5-6-16-11-10(7-13)14-8-3-1-2-4-9(8)15-11/h1-4H,5-6,12H2. The Morgan fingerprint density at radius 3 is 2.56 bits per heavy atom. The van der Waals surface area contributed by atoms with E-state index in [0.717, 1.165) is 0 Å². The van der Waals surface area contributed by atoms with Crippen molar-refractivity contribution in [2.45, 2.75) is 0 Å². The predicted molar refractivity (Wildman–Crippen MR) is 58.8 cm³/mol. The highest BCUT2D eigenvalue weighted by atomic mass is 16.5. The molecule has 0 aliphatic heterocycles. The molecule has 0 atom stereocenters. The minimum Gasteiger partial charge on any atom is -0.474 e. The highest BCUT2D eigenvalue weighted by Crippen LogP contribution is 2.17. The van der Waals surface area contributed by atoms with Crippen LogP contribution in [-0.2, 0) is 0 Å². The van der Waals surface area contributed by atoms with Crippen molar-refractivity contribution < 1.29 is 4.74 Å². The molecule has 16 heavy (non-hydrogen) atoms. The first-order chi connectivity index (χ1) is 7.85. The van der Waals surface area contributed by atoms with Gasteiger partial charge in [-0.3, -0.25) is 0 Å². The summed E-state index contributed by atoms with van der Waals surface area (Å²) >= 11 is 0. The first-order valence-corrected chi connectivity index (χ1v) is 4.85. The molecule has 1 heterocycles. The summed E-state index contributed by atoms with van der Waals surface area (Å²) in [5.41, 5.74) is 6.89. The lowest BCUT2D eigenvalue weighted by Crippen LogP contribution is -2.12. The third kappa shape index (κ3) is 1.92. The van der Waals surface area contributed by atoms with Crippen LogP contribution in [0, 0.1) is 11.3 Å². The van der Waals surface area contributed by atoms with Gasteiger partial charge in [0.15, 0.2) is 0 Å². The maximum Gasteiger partial charge on any atom is 0.251 e. The Morgan fingerprint density at radius 2 is 1.94 bits per heavy atom. The van der Waals surface area contributed by atoms with E-state index in [1.165, 1.54) is 0 Å². The lowest BCUT2D eigenvalue weighted by Gasteiger charge is -2.05. The van der Waals surface area contributed by atoms with Gasteiger partial charge in [0.1, 0.15) is 12.7 Å².